The Morgan fingerprint density at radius 3 is 2.34 bits per heavy atom. The van der Waals surface area contributed by atoms with Crippen molar-refractivity contribution >= 4 is 23.4 Å². The lowest BCUT2D eigenvalue weighted by molar-refractivity contribution is 0.0992. The third-order valence-electron chi connectivity index (χ3n) is 5.61. The van der Waals surface area contributed by atoms with Crippen LogP contribution < -0.4 is 17.0 Å². The lowest BCUT2D eigenvalue weighted by Crippen LogP contribution is -2.42. The van der Waals surface area contributed by atoms with Crippen molar-refractivity contribution in [2.24, 2.45) is 14.1 Å². The van der Waals surface area contributed by atoms with Gasteiger partial charge in [0.15, 0.2) is 16.8 Å². The monoisotopic (exact) mass is 494 g/mol. The van der Waals surface area contributed by atoms with Crippen LogP contribution in [-0.2, 0) is 20.6 Å². The molecule has 4 rings (SSSR count). The summed E-state index contributed by atoms with van der Waals surface area (Å²) in [5, 5.41) is 8.25. The molecule has 9 nitrogen and oxygen atoms in total. The first-order valence-electron chi connectivity index (χ1n) is 10.7. The first-order valence-corrected chi connectivity index (χ1v) is 11.6. The second-order valence-electron chi connectivity index (χ2n) is 7.98. The quantitative estimate of drug-likeness (QED) is 0.310. The summed E-state index contributed by atoms with van der Waals surface area (Å²) in [5.41, 5.74) is 6.00. The minimum absolute atomic E-state index is 0.187. The Bertz CT molecular complexity index is 1510. The largest absolute Gasteiger partial charge is 0.384 e. The van der Waals surface area contributed by atoms with Gasteiger partial charge in [0.25, 0.3) is 5.56 Å². The van der Waals surface area contributed by atoms with E-state index in [1.54, 1.807) is 19.1 Å². The highest BCUT2D eigenvalue weighted by Gasteiger charge is 2.27. The van der Waals surface area contributed by atoms with E-state index in [1.165, 1.54) is 26.2 Å². The summed E-state index contributed by atoms with van der Waals surface area (Å²) in [4.78, 5) is 38.0. The van der Waals surface area contributed by atoms with E-state index in [1.807, 2.05) is 34.9 Å². The summed E-state index contributed by atoms with van der Waals surface area (Å²) in [7, 11) is 2.70. The van der Waals surface area contributed by atoms with Gasteiger partial charge in [-0.05, 0) is 36.8 Å². The van der Waals surface area contributed by atoms with Crippen LogP contribution in [0.25, 0.3) is 11.4 Å². The number of hydrogen-bond acceptors (Lipinski definition) is 7. The maximum absolute atomic E-state index is 13.5. The number of halogens is 1. The molecule has 2 aromatic heterocycles. The predicted octanol–water partition coefficient (Wildman–Crippen LogP) is 2.48. The highest BCUT2D eigenvalue weighted by atomic mass is 32.2. The fourth-order valence-electron chi connectivity index (χ4n) is 3.60. The van der Waals surface area contributed by atoms with E-state index in [0.717, 1.165) is 26.5 Å². The lowest BCUT2D eigenvalue weighted by Gasteiger charge is -2.15. The fourth-order valence-corrected chi connectivity index (χ4v) is 4.51. The second kappa shape index (κ2) is 9.71. The second-order valence-corrected chi connectivity index (χ2v) is 9.28. The predicted molar refractivity (Wildman–Crippen MR) is 132 cm³/mol. The van der Waals surface area contributed by atoms with E-state index in [4.69, 9.17) is 5.73 Å². The molecule has 0 saturated carbocycles. The molecular formula is C24H23FN6O3S. The molecule has 0 aliphatic carbocycles. The molecule has 0 amide bonds. The number of anilines is 1. The van der Waals surface area contributed by atoms with Crippen molar-refractivity contribution in [1.82, 2.24) is 23.9 Å². The molecule has 0 spiro atoms. The van der Waals surface area contributed by atoms with E-state index in [-0.39, 0.29) is 17.2 Å². The standard InChI is InChI=1S/C24H23FN6O3S/c1-14(19(32)18-20(26)29(2)24(34)30(3)22(18)33)35-23-28-27-21(16-9-11-17(25)12-10-16)31(23)13-15-7-5-4-6-8-15/h4-12,14H,13,26H2,1-3H3. The molecule has 11 heteroatoms. The molecule has 0 fully saturated rings. The van der Waals surface area contributed by atoms with Gasteiger partial charge in [0.05, 0.1) is 11.8 Å². The zero-order valence-electron chi connectivity index (χ0n) is 19.3. The highest BCUT2D eigenvalue weighted by molar-refractivity contribution is 8.00. The van der Waals surface area contributed by atoms with Crippen LogP contribution in [0.2, 0.25) is 0 Å². The number of carbonyl (C=O) groups is 1. The number of thioether (sulfide) groups is 1. The van der Waals surface area contributed by atoms with Gasteiger partial charge in [-0.25, -0.2) is 9.18 Å². The van der Waals surface area contributed by atoms with Crippen LogP contribution in [0.5, 0.6) is 0 Å². The normalized spacial score (nSPS) is 12.0. The van der Waals surface area contributed by atoms with Gasteiger partial charge in [0.2, 0.25) is 0 Å². The maximum atomic E-state index is 13.5. The maximum Gasteiger partial charge on any atom is 0.332 e. The van der Waals surface area contributed by atoms with Crippen molar-refractivity contribution in [3.05, 3.63) is 92.4 Å². The summed E-state index contributed by atoms with van der Waals surface area (Å²) in [5.74, 6) is -0.573. The highest BCUT2D eigenvalue weighted by Crippen LogP contribution is 2.29. The molecule has 2 N–H and O–H groups in total. The summed E-state index contributed by atoms with van der Waals surface area (Å²) < 4.78 is 17.2. The van der Waals surface area contributed by atoms with Gasteiger partial charge in [0, 0.05) is 19.7 Å². The first kappa shape index (κ1) is 24.1. The zero-order valence-corrected chi connectivity index (χ0v) is 20.1. The topological polar surface area (TPSA) is 118 Å². The number of carbonyl (C=O) groups excluding carboxylic acids is 1. The van der Waals surface area contributed by atoms with Gasteiger partial charge in [-0.1, -0.05) is 42.1 Å². The van der Waals surface area contributed by atoms with E-state index >= 15 is 0 Å². The molecule has 0 aliphatic heterocycles. The minimum Gasteiger partial charge on any atom is -0.384 e. The van der Waals surface area contributed by atoms with Crippen LogP contribution in [0.3, 0.4) is 0 Å². The number of nitrogens with two attached hydrogens (primary N) is 1. The molecule has 2 heterocycles. The number of nitrogens with zero attached hydrogens (tertiary/aromatic N) is 5. The number of hydrogen-bond donors (Lipinski definition) is 1. The fraction of sp³-hybridized carbons (Fsp3) is 0.208. The molecule has 35 heavy (non-hydrogen) atoms. The zero-order chi connectivity index (χ0) is 25.3. The Balaban J connectivity index is 1.72. The number of benzene rings is 2. The lowest BCUT2D eigenvalue weighted by atomic mass is 10.1. The molecule has 180 valence electrons. The molecule has 0 aliphatic rings. The van der Waals surface area contributed by atoms with Gasteiger partial charge in [-0.2, -0.15) is 0 Å². The van der Waals surface area contributed by atoms with Gasteiger partial charge in [0.1, 0.15) is 17.2 Å². The average molecular weight is 495 g/mol. The first-order chi connectivity index (χ1) is 16.7. The van der Waals surface area contributed by atoms with Crippen molar-refractivity contribution in [1.29, 1.82) is 0 Å². The van der Waals surface area contributed by atoms with Crippen molar-refractivity contribution in [2.75, 3.05) is 5.73 Å². The van der Waals surface area contributed by atoms with Crippen LogP contribution in [-0.4, -0.2) is 34.9 Å². The minimum atomic E-state index is -0.762. The molecular weight excluding hydrogens is 471 g/mol. The van der Waals surface area contributed by atoms with Crippen molar-refractivity contribution in [3.8, 4) is 11.4 Å². The number of Topliss-reactive ketones (excluding diaryl/α,β-unsaturated/α-hetero) is 1. The van der Waals surface area contributed by atoms with Crippen LogP contribution in [0.4, 0.5) is 10.2 Å². The summed E-state index contributed by atoms with van der Waals surface area (Å²) in [6.07, 6.45) is 0. The van der Waals surface area contributed by atoms with Crippen molar-refractivity contribution < 1.29 is 9.18 Å². The van der Waals surface area contributed by atoms with Gasteiger partial charge >= 0.3 is 5.69 Å². The summed E-state index contributed by atoms with van der Waals surface area (Å²) in [6.45, 7) is 2.05. The SMILES string of the molecule is CC(Sc1nnc(-c2ccc(F)cc2)n1Cc1ccccc1)C(=O)c1c(N)n(C)c(=O)n(C)c1=O. The van der Waals surface area contributed by atoms with Crippen LogP contribution in [0.1, 0.15) is 22.8 Å². The van der Waals surface area contributed by atoms with Crippen molar-refractivity contribution in [3.63, 3.8) is 0 Å². The molecule has 1 atom stereocenters. The van der Waals surface area contributed by atoms with E-state index in [0.29, 0.717) is 23.1 Å². The average Bonchev–Trinajstić information content (AvgIpc) is 3.24. The third-order valence-corrected chi connectivity index (χ3v) is 6.69. The Labute approximate surface area is 204 Å². The van der Waals surface area contributed by atoms with Crippen LogP contribution >= 0.6 is 11.8 Å². The van der Waals surface area contributed by atoms with Crippen LogP contribution in [0, 0.1) is 5.82 Å². The van der Waals surface area contributed by atoms with E-state index < -0.39 is 22.3 Å². The molecule has 1 unspecified atom stereocenters. The third kappa shape index (κ3) is 4.67. The smallest absolute Gasteiger partial charge is 0.332 e. The van der Waals surface area contributed by atoms with Crippen molar-refractivity contribution in [2.45, 2.75) is 23.9 Å². The Morgan fingerprint density at radius 1 is 1.03 bits per heavy atom. The summed E-state index contributed by atoms with van der Waals surface area (Å²) >= 11 is 1.12. The molecule has 0 bridgehead atoms. The number of rotatable bonds is 7. The van der Waals surface area contributed by atoms with Gasteiger partial charge in [-0.3, -0.25) is 23.3 Å². The van der Waals surface area contributed by atoms with Gasteiger partial charge < -0.3 is 5.73 Å². The Morgan fingerprint density at radius 2 is 1.69 bits per heavy atom. The molecule has 0 saturated heterocycles. The summed E-state index contributed by atoms with van der Waals surface area (Å²) in [6, 6.07) is 15.5. The number of aromatic nitrogens is 5. The molecule has 2 aromatic carbocycles. The Hall–Kier alpha value is -3.99. The number of nitrogen functional groups attached to an aromatic ring is 1. The van der Waals surface area contributed by atoms with E-state index in [9.17, 15) is 18.8 Å². The Kier molecular flexibility index (Phi) is 6.70. The van der Waals surface area contributed by atoms with Crippen LogP contribution in [0.15, 0.2) is 69.3 Å². The number of ketones is 1. The van der Waals surface area contributed by atoms with Gasteiger partial charge in [-0.15, -0.1) is 10.2 Å². The van der Waals surface area contributed by atoms with E-state index in [2.05, 4.69) is 10.2 Å². The molecule has 4 aromatic rings. The molecule has 0 radical (unpaired) electrons.